The number of hydrogen-bond donors (Lipinski definition) is 0. The molecule has 1 saturated heterocycles. The van der Waals surface area contributed by atoms with E-state index in [4.69, 9.17) is 23.2 Å². The quantitative estimate of drug-likeness (QED) is 0.360. The maximum absolute atomic E-state index is 13.1. The van der Waals surface area contributed by atoms with Gasteiger partial charge in [-0.2, -0.15) is 5.10 Å². The van der Waals surface area contributed by atoms with E-state index in [0.29, 0.717) is 46.6 Å². The van der Waals surface area contributed by atoms with E-state index in [1.54, 1.807) is 30.7 Å². The van der Waals surface area contributed by atoms with E-state index in [1.165, 1.54) is 0 Å². The molecular formula is C24H25Cl2N5O3. The van der Waals surface area contributed by atoms with Gasteiger partial charge in [0.05, 0.1) is 21.5 Å². The highest BCUT2D eigenvalue weighted by molar-refractivity contribution is 6.42. The van der Waals surface area contributed by atoms with Crippen LogP contribution in [0.4, 0.5) is 5.69 Å². The lowest BCUT2D eigenvalue weighted by Crippen LogP contribution is -2.48. The van der Waals surface area contributed by atoms with Gasteiger partial charge in [0.2, 0.25) is 0 Å². The van der Waals surface area contributed by atoms with Crippen molar-refractivity contribution in [2.24, 2.45) is 0 Å². The Bertz CT molecular complexity index is 1240. The van der Waals surface area contributed by atoms with Crippen molar-refractivity contribution in [2.45, 2.75) is 26.9 Å². The van der Waals surface area contributed by atoms with Crippen molar-refractivity contribution in [1.29, 1.82) is 0 Å². The highest BCUT2D eigenvalue weighted by atomic mass is 35.5. The van der Waals surface area contributed by atoms with E-state index < -0.39 is 4.92 Å². The maximum Gasteiger partial charge on any atom is 0.312 e. The van der Waals surface area contributed by atoms with Crippen LogP contribution in [-0.2, 0) is 13.1 Å². The molecule has 10 heteroatoms. The van der Waals surface area contributed by atoms with Crippen LogP contribution < -0.4 is 0 Å². The van der Waals surface area contributed by atoms with Gasteiger partial charge in [-0.05, 0) is 49.2 Å². The van der Waals surface area contributed by atoms with Gasteiger partial charge in [-0.25, -0.2) is 0 Å². The van der Waals surface area contributed by atoms with Gasteiger partial charge in [-0.1, -0.05) is 41.4 Å². The number of aryl methyl sites for hydroxylation is 1. The molecule has 178 valence electrons. The number of carbonyl (C=O) groups is 1. The molecule has 1 fully saturated rings. The van der Waals surface area contributed by atoms with Gasteiger partial charge < -0.3 is 4.90 Å². The molecule has 1 amide bonds. The maximum atomic E-state index is 13.1. The zero-order valence-electron chi connectivity index (χ0n) is 19.0. The minimum absolute atomic E-state index is 0.0182. The minimum Gasteiger partial charge on any atom is -0.336 e. The van der Waals surface area contributed by atoms with Crippen LogP contribution in [0.5, 0.6) is 0 Å². The molecule has 0 spiro atoms. The van der Waals surface area contributed by atoms with Crippen molar-refractivity contribution in [3.63, 3.8) is 0 Å². The first kappa shape index (κ1) is 24.2. The van der Waals surface area contributed by atoms with Crippen molar-refractivity contribution >= 4 is 34.8 Å². The van der Waals surface area contributed by atoms with E-state index in [9.17, 15) is 14.9 Å². The predicted molar refractivity (Wildman–Crippen MR) is 132 cm³/mol. The molecule has 34 heavy (non-hydrogen) atoms. The Hall–Kier alpha value is -2.94. The fraction of sp³-hybridized carbons (Fsp3) is 0.333. The second-order valence-corrected chi connectivity index (χ2v) is 9.27. The molecule has 1 aromatic heterocycles. The van der Waals surface area contributed by atoms with Crippen LogP contribution in [0, 0.1) is 24.0 Å². The van der Waals surface area contributed by atoms with Crippen LogP contribution in [0.15, 0.2) is 42.5 Å². The number of aromatic nitrogens is 2. The van der Waals surface area contributed by atoms with E-state index >= 15 is 0 Å². The molecule has 0 atom stereocenters. The summed E-state index contributed by atoms with van der Waals surface area (Å²) in [6, 6.07) is 13.0. The molecule has 3 aromatic rings. The van der Waals surface area contributed by atoms with Crippen molar-refractivity contribution < 1.29 is 9.72 Å². The van der Waals surface area contributed by atoms with Gasteiger partial charge in [0, 0.05) is 38.3 Å². The van der Waals surface area contributed by atoms with Crippen LogP contribution >= 0.6 is 23.2 Å². The van der Waals surface area contributed by atoms with Gasteiger partial charge in [0.15, 0.2) is 0 Å². The molecule has 0 bridgehead atoms. The Morgan fingerprint density at radius 3 is 2.35 bits per heavy atom. The van der Waals surface area contributed by atoms with Crippen LogP contribution in [0.2, 0.25) is 10.0 Å². The lowest BCUT2D eigenvalue weighted by atomic mass is 10.1. The molecule has 0 radical (unpaired) electrons. The summed E-state index contributed by atoms with van der Waals surface area (Å²) in [5, 5.41) is 16.7. The van der Waals surface area contributed by atoms with Crippen molar-refractivity contribution in [1.82, 2.24) is 19.6 Å². The summed E-state index contributed by atoms with van der Waals surface area (Å²) in [5.74, 6) is -0.0182. The highest BCUT2D eigenvalue weighted by Gasteiger charge is 2.24. The molecule has 1 aliphatic heterocycles. The lowest BCUT2D eigenvalue weighted by molar-refractivity contribution is -0.386. The van der Waals surface area contributed by atoms with Gasteiger partial charge in [-0.15, -0.1) is 0 Å². The molecule has 2 heterocycles. The first-order chi connectivity index (χ1) is 16.2. The number of piperazine rings is 1. The zero-order chi connectivity index (χ0) is 24.4. The predicted octanol–water partition coefficient (Wildman–Crippen LogP) is 4.72. The summed E-state index contributed by atoms with van der Waals surface area (Å²) >= 11 is 12.1. The molecular weight excluding hydrogens is 477 g/mol. The van der Waals surface area contributed by atoms with E-state index in [1.807, 2.05) is 35.2 Å². The monoisotopic (exact) mass is 501 g/mol. The van der Waals surface area contributed by atoms with Crippen LogP contribution in [0.3, 0.4) is 0 Å². The van der Waals surface area contributed by atoms with Gasteiger partial charge in [-0.3, -0.25) is 24.5 Å². The Morgan fingerprint density at radius 2 is 1.71 bits per heavy atom. The fourth-order valence-corrected chi connectivity index (χ4v) is 4.59. The standard InChI is InChI=1S/C24H25Cl2N5O3/c1-16-23(31(33)34)17(2)30(27-16)15-18-4-3-5-20(12-18)24(32)29-10-8-28(9-11-29)14-19-6-7-21(25)22(26)13-19/h3-7,12-13H,8-11,14-15H2,1-2H3. The summed E-state index contributed by atoms with van der Waals surface area (Å²) in [5.41, 5.74) is 3.47. The summed E-state index contributed by atoms with van der Waals surface area (Å²) in [6.07, 6.45) is 0. The third-order valence-corrected chi connectivity index (χ3v) is 6.82. The number of benzene rings is 2. The average Bonchev–Trinajstić information content (AvgIpc) is 3.09. The zero-order valence-corrected chi connectivity index (χ0v) is 20.5. The number of halogens is 2. The molecule has 1 aliphatic rings. The second kappa shape index (κ2) is 10.1. The summed E-state index contributed by atoms with van der Waals surface area (Å²) in [6.45, 7) is 7.22. The van der Waals surface area contributed by atoms with Crippen LogP contribution in [0.1, 0.15) is 32.9 Å². The average molecular weight is 502 g/mol. The third-order valence-electron chi connectivity index (χ3n) is 6.08. The van der Waals surface area contributed by atoms with Crippen molar-refractivity contribution in [3.8, 4) is 0 Å². The third kappa shape index (κ3) is 5.24. The number of nitrogens with zero attached hydrogens (tertiary/aromatic N) is 5. The smallest absolute Gasteiger partial charge is 0.312 e. The summed E-state index contributed by atoms with van der Waals surface area (Å²) in [7, 11) is 0. The Morgan fingerprint density at radius 1 is 1.00 bits per heavy atom. The topological polar surface area (TPSA) is 84.5 Å². The number of amides is 1. The Balaban J connectivity index is 1.39. The van der Waals surface area contributed by atoms with E-state index in [0.717, 1.165) is 30.8 Å². The number of rotatable bonds is 6. The molecule has 0 unspecified atom stereocenters. The Kier molecular flexibility index (Phi) is 7.21. The molecule has 4 rings (SSSR count). The normalized spacial score (nSPS) is 14.4. The van der Waals surface area contributed by atoms with Crippen molar-refractivity contribution in [2.75, 3.05) is 26.2 Å². The van der Waals surface area contributed by atoms with E-state index in [-0.39, 0.29) is 11.6 Å². The van der Waals surface area contributed by atoms with Crippen LogP contribution in [0.25, 0.3) is 0 Å². The number of nitro groups is 1. The fourth-order valence-electron chi connectivity index (χ4n) is 4.27. The van der Waals surface area contributed by atoms with Crippen LogP contribution in [-0.4, -0.2) is 56.6 Å². The Labute approximate surface area is 207 Å². The first-order valence-electron chi connectivity index (χ1n) is 11.0. The largest absolute Gasteiger partial charge is 0.336 e. The lowest BCUT2D eigenvalue weighted by Gasteiger charge is -2.35. The SMILES string of the molecule is Cc1nn(Cc2cccc(C(=O)N3CCN(Cc4ccc(Cl)c(Cl)c4)CC3)c2)c(C)c1[N+](=O)[O-]. The molecule has 0 N–H and O–H groups in total. The number of hydrogen-bond acceptors (Lipinski definition) is 5. The van der Waals surface area contributed by atoms with Gasteiger partial charge in [0.25, 0.3) is 5.91 Å². The van der Waals surface area contributed by atoms with Gasteiger partial charge in [0.1, 0.15) is 11.4 Å². The number of carbonyl (C=O) groups excluding carboxylic acids is 1. The van der Waals surface area contributed by atoms with E-state index in [2.05, 4.69) is 10.00 Å². The molecule has 0 aliphatic carbocycles. The van der Waals surface area contributed by atoms with Crippen molar-refractivity contribution in [3.05, 3.63) is 90.7 Å². The summed E-state index contributed by atoms with van der Waals surface area (Å²) < 4.78 is 1.61. The molecule has 0 saturated carbocycles. The molecule has 8 nitrogen and oxygen atoms in total. The molecule has 2 aromatic carbocycles. The minimum atomic E-state index is -0.407. The first-order valence-corrected chi connectivity index (χ1v) is 11.7. The highest BCUT2D eigenvalue weighted by Crippen LogP contribution is 2.24. The van der Waals surface area contributed by atoms with Gasteiger partial charge >= 0.3 is 5.69 Å². The second-order valence-electron chi connectivity index (χ2n) is 8.45. The summed E-state index contributed by atoms with van der Waals surface area (Å²) in [4.78, 5) is 28.1.